The molecule has 0 N–H and O–H groups in total. The van der Waals surface area contributed by atoms with Crippen molar-refractivity contribution >= 4 is 11.9 Å². The second kappa shape index (κ2) is 7.27. The summed E-state index contributed by atoms with van der Waals surface area (Å²) in [6, 6.07) is 8.66. The number of ether oxygens (including phenoxy) is 2. The van der Waals surface area contributed by atoms with E-state index in [-0.39, 0.29) is 12.4 Å². The predicted octanol–water partition coefficient (Wildman–Crippen LogP) is 2.70. The van der Waals surface area contributed by atoms with E-state index in [0.717, 1.165) is 0 Å². The molecule has 0 fully saturated rings. The first-order valence-electron chi connectivity index (χ1n) is 5.70. The number of benzene rings is 1. The maximum Gasteiger partial charge on any atom is 0.342 e. The summed E-state index contributed by atoms with van der Waals surface area (Å²) in [5.74, 6) is -0.777. The van der Waals surface area contributed by atoms with Crippen molar-refractivity contribution in [3.8, 4) is 0 Å². The van der Waals surface area contributed by atoms with Crippen LogP contribution in [0.25, 0.3) is 0 Å². The molecule has 4 nitrogen and oxygen atoms in total. The highest BCUT2D eigenvalue weighted by atomic mass is 16.5. The molecule has 0 radical (unpaired) electrons. The average Bonchev–Trinajstić information content (AvgIpc) is 2.37. The van der Waals surface area contributed by atoms with Crippen molar-refractivity contribution in [2.75, 3.05) is 6.61 Å². The lowest BCUT2D eigenvalue weighted by molar-refractivity contribution is -0.142. The van der Waals surface area contributed by atoms with Crippen molar-refractivity contribution in [1.82, 2.24) is 0 Å². The zero-order valence-corrected chi connectivity index (χ0v) is 10.5. The minimum Gasteiger partial charge on any atom is -0.466 e. The normalized spacial score (nSPS) is 10.9. The summed E-state index contributed by atoms with van der Waals surface area (Å²) < 4.78 is 9.74. The van der Waals surface area contributed by atoms with Crippen LogP contribution in [0, 0.1) is 0 Å². The molecule has 1 aromatic carbocycles. The number of carbonyl (C=O) groups excluding carboxylic acids is 2. The van der Waals surface area contributed by atoms with Gasteiger partial charge in [0.25, 0.3) is 0 Å². The maximum absolute atomic E-state index is 11.6. The third-order valence-corrected chi connectivity index (χ3v) is 2.11. The molecule has 0 atom stereocenters. The van der Waals surface area contributed by atoms with Gasteiger partial charge in [0.2, 0.25) is 0 Å². The second-order valence-electron chi connectivity index (χ2n) is 3.72. The Morgan fingerprint density at radius 1 is 1.22 bits per heavy atom. The van der Waals surface area contributed by atoms with Crippen molar-refractivity contribution in [2.45, 2.75) is 20.3 Å². The van der Waals surface area contributed by atoms with Crippen molar-refractivity contribution < 1.29 is 19.1 Å². The summed E-state index contributed by atoms with van der Waals surface area (Å²) in [6.45, 7) is 3.79. The molecule has 0 aliphatic rings. The summed E-state index contributed by atoms with van der Waals surface area (Å²) in [6.07, 6.45) is 1.40. The SMILES string of the molecule is CCOC(=O)CC(C)=COC(=O)c1ccccc1. The van der Waals surface area contributed by atoms with Gasteiger partial charge in [0.15, 0.2) is 0 Å². The molecule has 1 aromatic rings. The molecule has 0 amide bonds. The summed E-state index contributed by atoms with van der Waals surface area (Å²) in [5.41, 5.74) is 1.11. The molecule has 0 bridgehead atoms. The number of carbonyl (C=O) groups is 2. The van der Waals surface area contributed by atoms with Crippen LogP contribution in [0.5, 0.6) is 0 Å². The first-order valence-corrected chi connectivity index (χ1v) is 5.70. The summed E-state index contributed by atoms with van der Waals surface area (Å²) in [7, 11) is 0. The summed E-state index contributed by atoms with van der Waals surface area (Å²) in [5, 5.41) is 0. The Labute approximate surface area is 106 Å². The molecule has 1 rings (SSSR count). The van der Waals surface area contributed by atoms with Gasteiger partial charge in [-0.1, -0.05) is 18.2 Å². The highest BCUT2D eigenvalue weighted by molar-refractivity contribution is 5.89. The van der Waals surface area contributed by atoms with E-state index in [2.05, 4.69) is 0 Å². The average molecular weight is 248 g/mol. The monoisotopic (exact) mass is 248 g/mol. The standard InChI is InChI=1S/C14H16O4/c1-3-17-13(15)9-11(2)10-18-14(16)12-7-5-4-6-8-12/h4-8,10H,3,9H2,1-2H3. The Kier molecular flexibility index (Phi) is 5.64. The van der Waals surface area contributed by atoms with E-state index < -0.39 is 5.97 Å². The Balaban J connectivity index is 2.48. The van der Waals surface area contributed by atoms with Gasteiger partial charge in [0.1, 0.15) is 0 Å². The molecule has 0 spiro atoms. The molecule has 0 saturated heterocycles. The third kappa shape index (κ3) is 4.82. The minimum atomic E-state index is -0.446. The van der Waals surface area contributed by atoms with E-state index in [1.54, 1.807) is 38.1 Å². The smallest absolute Gasteiger partial charge is 0.342 e. The van der Waals surface area contributed by atoms with Gasteiger partial charge in [0.05, 0.1) is 24.9 Å². The van der Waals surface area contributed by atoms with Crippen LogP contribution in [0.3, 0.4) is 0 Å². The number of hydrogen-bond donors (Lipinski definition) is 0. The van der Waals surface area contributed by atoms with E-state index in [1.165, 1.54) is 6.26 Å². The predicted molar refractivity (Wildman–Crippen MR) is 66.9 cm³/mol. The van der Waals surface area contributed by atoms with E-state index in [0.29, 0.717) is 17.7 Å². The van der Waals surface area contributed by atoms with Gasteiger partial charge in [0, 0.05) is 0 Å². The van der Waals surface area contributed by atoms with Gasteiger partial charge >= 0.3 is 11.9 Å². The molecular formula is C14H16O4. The molecule has 96 valence electrons. The number of rotatable bonds is 5. The summed E-state index contributed by atoms with van der Waals surface area (Å²) >= 11 is 0. The van der Waals surface area contributed by atoms with E-state index in [4.69, 9.17) is 9.47 Å². The van der Waals surface area contributed by atoms with Gasteiger partial charge in [-0.25, -0.2) is 4.79 Å². The first kappa shape index (κ1) is 14.0. The van der Waals surface area contributed by atoms with Crippen LogP contribution in [0.2, 0.25) is 0 Å². The van der Waals surface area contributed by atoms with Crippen LogP contribution in [-0.4, -0.2) is 18.5 Å². The van der Waals surface area contributed by atoms with Gasteiger partial charge in [-0.2, -0.15) is 0 Å². The second-order valence-corrected chi connectivity index (χ2v) is 3.72. The number of esters is 2. The van der Waals surface area contributed by atoms with Crippen LogP contribution in [0.4, 0.5) is 0 Å². The quantitative estimate of drug-likeness (QED) is 0.594. The van der Waals surface area contributed by atoms with Gasteiger partial charge in [-0.15, -0.1) is 0 Å². The molecular weight excluding hydrogens is 232 g/mol. The molecule has 0 unspecified atom stereocenters. The van der Waals surface area contributed by atoms with Crippen LogP contribution in [0.15, 0.2) is 42.2 Å². The van der Waals surface area contributed by atoms with Crippen LogP contribution < -0.4 is 0 Å². The molecule has 0 aliphatic carbocycles. The van der Waals surface area contributed by atoms with E-state index in [1.807, 2.05) is 6.07 Å². The fourth-order valence-electron chi connectivity index (χ4n) is 1.28. The highest BCUT2D eigenvalue weighted by Crippen LogP contribution is 2.05. The molecule has 0 aromatic heterocycles. The minimum absolute atomic E-state index is 0.121. The summed E-state index contributed by atoms with van der Waals surface area (Å²) in [4.78, 5) is 22.7. The van der Waals surface area contributed by atoms with Crippen LogP contribution >= 0.6 is 0 Å². The molecule has 18 heavy (non-hydrogen) atoms. The van der Waals surface area contributed by atoms with E-state index >= 15 is 0 Å². The largest absolute Gasteiger partial charge is 0.466 e. The van der Waals surface area contributed by atoms with Gasteiger partial charge in [-0.3, -0.25) is 4.79 Å². The van der Waals surface area contributed by atoms with Crippen molar-refractivity contribution in [3.63, 3.8) is 0 Å². The zero-order valence-electron chi connectivity index (χ0n) is 10.5. The zero-order chi connectivity index (χ0) is 13.4. The topological polar surface area (TPSA) is 52.6 Å². The fraction of sp³-hybridized carbons (Fsp3) is 0.286. The highest BCUT2D eigenvalue weighted by Gasteiger charge is 2.06. The van der Waals surface area contributed by atoms with Gasteiger partial charge in [-0.05, 0) is 31.6 Å². The number of hydrogen-bond acceptors (Lipinski definition) is 4. The Morgan fingerprint density at radius 2 is 1.89 bits per heavy atom. The maximum atomic E-state index is 11.6. The van der Waals surface area contributed by atoms with E-state index in [9.17, 15) is 9.59 Å². The lowest BCUT2D eigenvalue weighted by Gasteiger charge is -2.03. The third-order valence-electron chi connectivity index (χ3n) is 2.11. The molecule has 4 heteroatoms. The lowest BCUT2D eigenvalue weighted by atomic mass is 10.2. The van der Waals surface area contributed by atoms with Crippen LogP contribution in [-0.2, 0) is 14.3 Å². The van der Waals surface area contributed by atoms with Crippen LogP contribution in [0.1, 0.15) is 30.6 Å². The van der Waals surface area contributed by atoms with Crippen molar-refractivity contribution in [3.05, 3.63) is 47.7 Å². The Bertz CT molecular complexity index is 434. The Morgan fingerprint density at radius 3 is 2.50 bits per heavy atom. The van der Waals surface area contributed by atoms with Crippen molar-refractivity contribution in [2.24, 2.45) is 0 Å². The molecule has 0 saturated carbocycles. The fourth-order valence-corrected chi connectivity index (χ4v) is 1.28. The van der Waals surface area contributed by atoms with Gasteiger partial charge < -0.3 is 9.47 Å². The molecule has 0 heterocycles. The Hall–Kier alpha value is -2.10. The molecule has 0 aliphatic heterocycles. The first-order chi connectivity index (χ1) is 8.63. The lowest BCUT2D eigenvalue weighted by Crippen LogP contribution is -2.05. The van der Waals surface area contributed by atoms with Crippen molar-refractivity contribution in [1.29, 1.82) is 0 Å².